The van der Waals surface area contributed by atoms with Crippen LogP contribution in [0.15, 0.2) is 22.9 Å². The zero-order valence-electron chi connectivity index (χ0n) is 8.51. The molecule has 0 aliphatic heterocycles. The standard InChI is InChI=1S/C9H11N5O/c1-14(2)9-12-8(15-13-9)7-4-3-6(10)5-11-7/h3-5H,10H2,1-2H3. The summed E-state index contributed by atoms with van der Waals surface area (Å²) in [5, 5.41) is 3.78. The van der Waals surface area contributed by atoms with Crippen LogP contribution in [0.4, 0.5) is 11.6 Å². The summed E-state index contributed by atoms with van der Waals surface area (Å²) >= 11 is 0. The topological polar surface area (TPSA) is 81.1 Å². The SMILES string of the molecule is CN(C)c1noc(-c2ccc(N)cn2)n1. The Balaban J connectivity index is 2.33. The zero-order chi connectivity index (χ0) is 10.8. The molecule has 2 heterocycles. The number of rotatable bonds is 2. The van der Waals surface area contributed by atoms with Gasteiger partial charge in [0.1, 0.15) is 5.69 Å². The van der Waals surface area contributed by atoms with E-state index in [4.69, 9.17) is 10.3 Å². The number of hydrogen-bond donors (Lipinski definition) is 1. The molecule has 0 unspecified atom stereocenters. The summed E-state index contributed by atoms with van der Waals surface area (Å²) in [6.45, 7) is 0. The first-order valence-corrected chi connectivity index (χ1v) is 4.40. The van der Waals surface area contributed by atoms with Crippen molar-refractivity contribution < 1.29 is 4.52 Å². The minimum absolute atomic E-state index is 0.388. The smallest absolute Gasteiger partial charge is 0.278 e. The van der Waals surface area contributed by atoms with Crippen LogP contribution in [0.5, 0.6) is 0 Å². The highest BCUT2D eigenvalue weighted by Crippen LogP contribution is 2.17. The van der Waals surface area contributed by atoms with Gasteiger partial charge in [-0.05, 0) is 17.3 Å². The van der Waals surface area contributed by atoms with Crippen LogP contribution < -0.4 is 10.6 Å². The Labute approximate surface area is 86.7 Å². The maximum absolute atomic E-state index is 5.52. The molecule has 78 valence electrons. The van der Waals surface area contributed by atoms with E-state index in [0.717, 1.165) is 0 Å². The zero-order valence-corrected chi connectivity index (χ0v) is 8.51. The average molecular weight is 205 g/mol. The highest BCUT2D eigenvalue weighted by atomic mass is 16.5. The third-order valence-electron chi connectivity index (χ3n) is 1.82. The Kier molecular flexibility index (Phi) is 2.24. The molecule has 0 fully saturated rings. The molecule has 0 radical (unpaired) electrons. The predicted molar refractivity (Wildman–Crippen MR) is 56.3 cm³/mol. The van der Waals surface area contributed by atoms with Crippen LogP contribution in [0.3, 0.4) is 0 Å². The lowest BCUT2D eigenvalue weighted by atomic mass is 10.3. The summed E-state index contributed by atoms with van der Waals surface area (Å²) in [7, 11) is 3.68. The van der Waals surface area contributed by atoms with Crippen LogP contribution in [0.2, 0.25) is 0 Å². The van der Waals surface area contributed by atoms with Crippen molar-refractivity contribution in [1.82, 2.24) is 15.1 Å². The van der Waals surface area contributed by atoms with Gasteiger partial charge in [-0.15, -0.1) is 0 Å². The molecule has 0 aromatic carbocycles. The molecule has 0 spiro atoms. The molecular weight excluding hydrogens is 194 g/mol. The van der Waals surface area contributed by atoms with Gasteiger partial charge in [-0.25, -0.2) is 4.98 Å². The number of aromatic nitrogens is 3. The van der Waals surface area contributed by atoms with Gasteiger partial charge in [-0.3, -0.25) is 0 Å². The van der Waals surface area contributed by atoms with Crippen LogP contribution in [-0.4, -0.2) is 29.2 Å². The second-order valence-electron chi connectivity index (χ2n) is 3.27. The van der Waals surface area contributed by atoms with Crippen LogP contribution in [0.25, 0.3) is 11.6 Å². The third-order valence-corrected chi connectivity index (χ3v) is 1.82. The molecule has 0 atom stereocenters. The number of hydrogen-bond acceptors (Lipinski definition) is 6. The van der Waals surface area contributed by atoms with Crippen molar-refractivity contribution in [2.45, 2.75) is 0 Å². The monoisotopic (exact) mass is 205 g/mol. The van der Waals surface area contributed by atoms with E-state index in [-0.39, 0.29) is 0 Å². The molecule has 0 bridgehead atoms. The van der Waals surface area contributed by atoms with E-state index < -0.39 is 0 Å². The number of pyridine rings is 1. The highest BCUT2D eigenvalue weighted by Gasteiger charge is 2.10. The van der Waals surface area contributed by atoms with Crippen molar-refractivity contribution in [2.24, 2.45) is 0 Å². The molecule has 2 aromatic rings. The predicted octanol–water partition coefficient (Wildman–Crippen LogP) is 0.780. The summed E-state index contributed by atoms with van der Waals surface area (Å²) in [5.41, 5.74) is 6.74. The first-order valence-electron chi connectivity index (χ1n) is 4.40. The fourth-order valence-corrected chi connectivity index (χ4v) is 1.03. The van der Waals surface area contributed by atoms with E-state index >= 15 is 0 Å². The van der Waals surface area contributed by atoms with Gasteiger partial charge in [0.05, 0.1) is 11.9 Å². The molecule has 2 N–H and O–H groups in total. The summed E-state index contributed by atoms with van der Waals surface area (Å²) < 4.78 is 5.05. The van der Waals surface area contributed by atoms with Gasteiger partial charge < -0.3 is 15.2 Å². The fourth-order valence-electron chi connectivity index (χ4n) is 1.03. The van der Waals surface area contributed by atoms with Gasteiger partial charge in [0.25, 0.3) is 11.8 Å². The van der Waals surface area contributed by atoms with Crippen molar-refractivity contribution in [3.63, 3.8) is 0 Å². The second-order valence-corrected chi connectivity index (χ2v) is 3.27. The molecular formula is C9H11N5O. The molecule has 0 aliphatic carbocycles. The molecule has 0 saturated heterocycles. The minimum atomic E-state index is 0.388. The van der Waals surface area contributed by atoms with Crippen molar-refractivity contribution in [3.05, 3.63) is 18.3 Å². The summed E-state index contributed by atoms with van der Waals surface area (Å²) in [6, 6.07) is 3.48. The van der Waals surface area contributed by atoms with Crippen molar-refractivity contribution >= 4 is 11.6 Å². The lowest BCUT2D eigenvalue weighted by Crippen LogP contribution is -2.10. The van der Waals surface area contributed by atoms with Crippen LogP contribution in [0.1, 0.15) is 0 Å². The quantitative estimate of drug-likeness (QED) is 0.780. The second kappa shape index (κ2) is 3.56. The van der Waals surface area contributed by atoms with E-state index in [1.165, 1.54) is 0 Å². The normalized spacial score (nSPS) is 10.3. The summed E-state index contributed by atoms with van der Waals surface area (Å²) in [6.07, 6.45) is 1.55. The molecule has 2 aromatic heterocycles. The van der Waals surface area contributed by atoms with Crippen molar-refractivity contribution in [1.29, 1.82) is 0 Å². The van der Waals surface area contributed by atoms with E-state index in [1.807, 2.05) is 14.1 Å². The van der Waals surface area contributed by atoms with Gasteiger partial charge in [0, 0.05) is 14.1 Å². The Hall–Kier alpha value is -2.11. The molecule has 0 aliphatic rings. The van der Waals surface area contributed by atoms with E-state index in [2.05, 4.69) is 15.1 Å². The molecule has 6 nitrogen and oxygen atoms in total. The Morgan fingerprint density at radius 3 is 2.67 bits per heavy atom. The van der Waals surface area contributed by atoms with Gasteiger partial charge in [0.2, 0.25) is 0 Å². The van der Waals surface area contributed by atoms with E-state index in [0.29, 0.717) is 23.2 Å². The van der Waals surface area contributed by atoms with Crippen molar-refractivity contribution in [2.75, 3.05) is 24.7 Å². The van der Waals surface area contributed by atoms with Gasteiger partial charge >= 0.3 is 0 Å². The first-order chi connectivity index (χ1) is 7.16. The largest absolute Gasteiger partial charge is 0.397 e. The minimum Gasteiger partial charge on any atom is -0.397 e. The number of nitrogens with zero attached hydrogens (tertiary/aromatic N) is 4. The molecule has 6 heteroatoms. The van der Waals surface area contributed by atoms with Gasteiger partial charge in [-0.1, -0.05) is 0 Å². The van der Waals surface area contributed by atoms with Crippen LogP contribution >= 0.6 is 0 Å². The van der Waals surface area contributed by atoms with Gasteiger partial charge in [0.15, 0.2) is 0 Å². The third kappa shape index (κ3) is 1.88. The average Bonchev–Trinajstić information content (AvgIpc) is 2.68. The molecule has 15 heavy (non-hydrogen) atoms. The number of anilines is 2. The van der Waals surface area contributed by atoms with E-state index in [9.17, 15) is 0 Å². The Morgan fingerprint density at radius 1 is 1.33 bits per heavy atom. The molecule has 0 amide bonds. The lowest BCUT2D eigenvalue weighted by Gasteiger charge is -2.02. The lowest BCUT2D eigenvalue weighted by molar-refractivity contribution is 0.429. The summed E-state index contributed by atoms with van der Waals surface area (Å²) in [5.74, 6) is 0.905. The summed E-state index contributed by atoms with van der Waals surface area (Å²) in [4.78, 5) is 9.99. The molecule has 2 rings (SSSR count). The number of nitrogens with two attached hydrogens (primary N) is 1. The molecule has 0 saturated carbocycles. The first kappa shape index (κ1) is 9.45. The van der Waals surface area contributed by atoms with Crippen molar-refractivity contribution in [3.8, 4) is 11.6 Å². The van der Waals surface area contributed by atoms with Crippen LogP contribution in [-0.2, 0) is 0 Å². The maximum atomic E-state index is 5.52. The van der Waals surface area contributed by atoms with Gasteiger partial charge in [-0.2, -0.15) is 4.98 Å². The maximum Gasteiger partial charge on any atom is 0.278 e. The highest BCUT2D eigenvalue weighted by molar-refractivity contribution is 5.51. The Bertz CT molecular complexity index is 448. The van der Waals surface area contributed by atoms with E-state index in [1.54, 1.807) is 23.2 Å². The fraction of sp³-hybridized carbons (Fsp3) is 0.222. The van der Waals surface area contributed by atoms with Crippen LogP contribution in [0, 0.1) is 0 Å². The Morgan fingerprint density at radius 2 is 2.13 bits per heavy atom. The number of nitrogen functional groups attached to an aromatic ring is 1.